The number of piperidine rings is 1. The fourth-order valence-electron chi connectivity index (χ4n) is 2.44. The first-order chi connectivity index (χ1) is 8.45. The van der Waals surface area contributed by atoms with Crippen molar-refractivity contribution in [3.8, 4) is 0 Å². The molecule has 2 rings (SSSR count). The van der Waals surface area contributed by atoms with Gasteiger partial charge in [0.1, 0.15) is 0 Å². The summed E-state index contributed by atoms with van der Waals surface area (Å²) in [6.07, 6.45) is -1.33. The molecule has 0 amide bonds. The van der Waals surface area contributed by atoms with Crippen LogP contribution in [0.25, 0.3) is 0 Å². The van der Waals surface area contributed by atoms with E-state index in [2.05, 4.69) is 12.2 Å². The van der Waals surface area contributed by atoms with Crippen molar-refractivity contribution in [3.63, 3.8) is 0 Å². The normalized spacial score (nSPS) is 25.1. The number of halogens is 3. The van der Waals surface area contributed by atoms with Crippen molar-refractivity contribution in [1.29, 1.82) is 0 Å². The monoisotopic (exact) mass is 257 g/mol. The van der Waals surface area contributed by atoms with Gasteiger partial charge in [0.2, 0.25) is 0 Å². The van der Waals surface area contributed by atoms with Crippen molar-refractivity contribution in [2.75, 3.05) is 6.54 Å². The maximum Gasteiger partial charge on any atom is 0.416 e. The summed E-state index contributed by atoms with van der Waals surface area (Å²) in [5, 5.41) is 3.37. The number of alkyl halides is 3. The molecule has 0 unspecified atom stereocenters. The molecule has 1 saturated heterocycles. The van der Waals surface area contributed by atoms with Crippen LogP contribution in [-0.4, -0.2) is 12.6 Å². The van der Waals surface area contributed by atoms with E-state index in [0.717, 1.165) is 37.4 Å². The Kier molecular flexibility index (Phi) is 3.95. The minimum Gasteiger partial charge on any atom is -0.314 e. The summed E-state index contributed by atoms with van der Waals surface area (Å²) in [6, 6.07) is 6.22. The molecule has 0 radical (unpaired) electrons. The average Bonchev–Trinajstić information content (AvgIpc) is 2.31. The lowest BCUT2D eigenvalue weighted by molar-refractivity contribution is -0.137. The lowest BCUT2D eigenvalue weighted by atomic mass is 9.89. The van der Waals surface area contributed by atoms with Gasteiger partial charge < -0.3 is 5.32 Å². The highest BCUT2D eigenvalue weighted by atomic mass is 19.4. The Balaban J connectivity index is 2.01. The van der Waals surface area contributed by atoms with Crippen molar-refractivity contribution in [1.82, 2.24) is 5.32 Å². The Hall–Kier alpha value is -1.03. The third kappa shape index (κ3) is 3.48. The Morgan fingerprint density at radius 3 is 2.67 bits per heavy atom. The maximum atomic E-state index is 12.6. The average molecular weight is 257 g/mol. The zero-order chi connectivity index (χ0) is 13.2. The van der Waals surface area contributed by atoms with Crippen molar-refractivity contribution < 1.29 is 13.2 Å². The zero-order valence-corrected chi connectivity index (χ0v) is 10.4. The Morgan fingerprint density at radius 1 is 1.28 bits per heavy atom. The second kappa shape index (κ2) is 5.31. The van der Waals surface area contributed by atoms with Gasteiger partial charge >= 0.3 is 6.18 Å². The molecule has 1 aromatic carbocycles. The number of benzene rings is 1. The van der Waals surface area contributed by atoms with E-state index in [9.17, 15) is 13.2 Å². The van der Waals surface area contributed by atoms with Gasteiger partial charge in [0, 0.05) is 6.04 Å². The number of nitrogens with one attached hydrogen (secondary N) is 1. The van der Waals surface area contributed by atoms with Crippen molar-refractivity contribution in [2.45, 2.75) is 38.4 Å². The molecule has 18 heavy (non-hydrogen) atoms. The summed E-state index contributed by atoms with van der Waals surface area (Å²) in [5.41, 5.74) is 0.239. The van der Waals surface area contributed by atoms with E-state index in [0.29, 0.717) is 12.0 Å². The second-order valence-electron chi connectivity index (χ2n) is 5.15. The van der Waals surface area contributed by atoms with Gasteiger partial charge in [0.05, 0.1) is 5.56 Å². The highest BCUT2D eigenvalue weighted by Crippen LogP contribution is 2.30. The van der Waals surface area contributed by atoms with Crippen LogP contribution in [-0.2, 0) is 12.6 Å². The molecule has 1 nitrogen and oxygen atoms in total. The van der Waals surface area contributed by atoms with Gasteiger partial charge in [-0.3, -0.25) is 0 Å². The van der Waals surface area contributed by atoms with Crippen LogP contribution in [0, 0.1) is 5.92 Å². The topological polar surface area (TPSA) is 12.0 Å². The molecular weight excluding hydrogens is 239 g/mol. The summed E-state index contributed by atoms with van der Waals surface area (Å²) in [7, 11) is 0. The molecule has 4 heteroatoms. The van der Waals surface area contributed by atoms with E-state index in [-0.39, 0.29) is 0 Å². The first kappa shape index (κ1) is 13.4. The smallest absolute Gasteiger partial charge is 0.314 e. The lowest BCUT2D eigenvalue weighted by Gasteiger charge is -2.27. The van der Waals surface area contributed by atoms with Gasteiger partial charge in [0.15, 0.2) is 0 Å². The molecule has 1 heterocycles. The number of rotatable bonds is 2. The van der Waals surface area contributed by atoms with Gasteiger partial charge in [0.25, 0.3) is 0 Å². The predicted molar refractivity (Wildman–Crippen MR) is 65.3 cm³/mol. The van der Waals surface area contributed by atoms with Crippen LogP contribution in [0.1, 0.15) is 30.9 Å². The molecule has 2 atom stereocenters. The summed E-state index contributed by atoms with van der Waals surface area (Å²) in [6.45, 7) is 3.04. The van der Waals surface area contributed by atoms with Gasteiger partial charge in [-0.15, -0.1) is 0 Å². The van der Waals surface area contributed by atoms with E-state index in [1.54, 1.807) is 6.07 Å². The summed E-state index contributed by atoms with van der Waals surface area (Å²) >= 11 is 0. The van der Waals surface area contributed by atoms with Crippen LogP contribution in [0.4, 0.5) is 13.2 Å². The molecule has 0 spiro atoms. The van der Waals surface area contributed by atoms with Crippen LogP contribution in [0.15, 0.2) is 24.3 Å². The van der Waals surface area contributed by atoms with Gasteiger partial charge in [-0.2, -0.15) is 13.2 Å². The van der Waals surface area contributed by atoms with Gasteiger partial charge in [-0.25, -0.2) is 0 Å². The molecule has 1 aliphatic heterocycles. The minimum atomic E-state index is -4.24. The quantitative estimate of drug-likeness (QED) is 0.853. The largest absolute Gasteiger partial charge is 0.416 e. The number of hydrogen-bond acceptors (Lipinski definition) is 1. The van der Waals surface area contributed by atoms with E-state index >= 15 is 0 Å². The summed E-state index contributed by atoms with van der Waals surface area (Å²) in [5.74, 6) is 0.449. The van der Waals surface area contributed by atoms with E-state index in [4.69, 9.17) is 0 Å². The van der Waals surface area contributed by atoms with Gasteiger partial charge in [-0.05, 0) is 50.3 Å². The first-order valence-electron chi connectivity index (χ1n) is 6.34. The molecule has 0 saturated carbocycles. The highest BCUT2D eigenvalue weighted by molar-refractivity contribution is 5.26. The fourth-order valence-corrected chi connectivity index (χ4v) is 2.44. The van der Waals surface area contributed by atoms with Crippen LogP contribution in [0.3, 0.4) is 0 Å². The summed E-state index contributed by atoms with van der Waals surface area (Å²) < 4.78 is 37.8. The zero-order valence-electron chi connectivity index (χ0n) is 10.4. The molecular formula is C14H18F3N. The van der Waals surface area contributed by atoms with Crippen LogP contribution in [0.5, 0.6) is 0 Å². The van der Waals surface area contributed by atoms with Crippen LogP contribution >= 0.6 is 0 Å². The van der Waals surface area contributed by atoms with E-state index in [1.807, 2.05) is 0 Å². The lowest BCUT2D eigenvalue weighted by Crippen LogP contribution is -2.37. The molecule has 0 bridgehead atoms. The highest BCUT2D eigenvalue weighted by Gasteiger charge is 2.30. The molecule has 1 fully saturated rings. The fraction of sp³-hybridized carbons (Fsp3) is 0.571. The van der Waals surface area contributed by atoms with Gasteiger partial charge in [-0.1, -0.05) is 18.2 Å². The molecule has 1 aromatic rings. The Morgan fingerprint density at radius 2 is 2.06 bits per heavy atom. The minimum absolute atomic E-state index is 0.449. The molecule has 0 aliphatic carbocycles. The van der Waals surface area contributed by atoms with Crippen molar-refractivity contribution >= 4 is 0 Å². The van der Waals surface area contributed by atoms with E-state index in [1.165, 1.54) is 12.1 Å². The SMILES string of the molecule is C[C@@H]1CC[C@H](Cc2cccc(C(F)(F)F)c2)CN1. The molecule has 1 aliphatic rings. The molecule has 1 N–H and O–H groups in total. The van der Waals surface area contributed by atoms with Crippen molar-refractivity contribution in [3.05, 3.63) is 35.4 Å². The Labute approximate surface area is 105 Å². The maximum absolute atomic E-state index is 12.6. The first-order valence-corrected chi connectivity index (χ1v) is 6.34. The van der Waals surface area contributed by atoms with Crippen molar-refractivity contribution in [2.24, 2.45) is 5.92 Å². The van der Waals surface area contributed by atoms with Crippen LogP contribution in [0.2, 0.25) is 0 Å². The summed E-state index contributed by atoms with van der Waals surface area (Å²) in [4.78, 5) is 0. The standard InChI is InChI=1S/C14H18F3N/c1-10-5-6-12(9-18-10)7-11-3-2-4-13(8-11)14(15,16)17/h2-4,8,10,12,18H,5-7,9H2,1H3/t10-,12-/m1/s1. The predicted octanol–water partition coefficient (Wildman–Crippen LogP) is 3.64. The molecule has 0 aromatic heterocycles. The molecule has 100 valence electrons. The Bertz CT molecular complexity index is 392. The van der Waals surface area contributed by atoms with Crippen LogP contribution < -0.4 is 5.32 Å². The van der Waals surface area contributed by atoms with E-state index < -0.39 is 11.7 Å². The number of hydrogen-bond donors (Lipinski definition) is 1. The third-order valence-electron chi connectivity index (χ3n) is 3.54. The second-order valence-corrected chi connectivity index (χ2v) is 5.15. The third-order valence-corrected chi connectivity index (χ3v) is 3.54.